The Balaban J connectivity index is 3.24. The Morgan fingerprint density at radius 1 is 1.77 bits per heavy atom. The van der Waals surface area contributed by atoms with Gasteiger partial charge >= 0.3 is 5.97 Å². The van der Waals surface area contributed by atoms with E-state index in [-0.39, 0.29) is 12.6 Å². The van der Waals surface area contributed by atoms with Gasteiger partial charge in [0.1, 0.15) is 6.61 Å². The van der Waals surface area contributed by atoms with Crippen LogP contribution in [-0.2, 0) is 9.53 Å². The summed E-state index contributed by atoms with van der Waals surface area (Å²) in [6.45, 7) is 6.34. The molecule has 0 aliphatic rings. The summed E-state index contributed by atoms with van der Waals surface area (Å²) in [6, 6.07) is 0.243. The molecule has 0 saturated heterocycles. The van der Waals surface area contributed by atoms with Crippen molar-refractivity contribution < 1.29 is 14.6 Å². The summed E-state index contributed by atoms with van der Waals surface area (Å²) in [5.74, 6) is -0.406. The van der Waals surface area contributed by atoms with E-state index in [1.165, 1.54) is 0 Å². The molecule has 0 aromatic heterocycles. The molecular weight excluding hydrogens is 170 g/mol. The third-order valence-electron chi connectivity index (χ3n) is 1.57. The van der Waals surface area contributed by atoms with E-state index >= 15 is 0 Å². The Morgan fingerprint density at radius 3 is 3.00 bits per heavy atom. The first-order chi connectivity index (χ1) is 6.20. The lowest BCUT2D eigenvalue weighted by atomic mass is 10.2. The van der Waals surface area contributed by atoms with Crippen molar-refractivity contribution >= 4 is 5.97 Å². The molecule has 76 valence electrons. The van der Waals surface area contributed by atoms with Gasteiger partial charge in [0, 0.05) is 25.3 Å². The van der Waals surface area contributed by atoms with Gasteiger partial charge in [-0.15, -0.1) is 0 Å². The maximum absolute atomic E-state index is 10.6. The summed E-state index contributed by atoms with van der Waals surface area (Å²) in [5, 5.41) is 11.7. The van der Waals surface area contributed by atoms with Crippen molar-refractivity contribution in [2.24, 2.45) is 0 Å². The first-order valence-corrected chi connectivity index (χ1v) is 4.34. The molecule has 4 heteroatoms. The number of carbonyl (C=O) groups is 1. The summed E-state index contributed by atoms with van der Waals surface area (Å²) in [6.07, 6.45) is 1.84. The number of nitrogens with one attached hydrogen (secondary N) is 1. The number of aliphatic hydroxyl groups is 1. The molecule has 0 aliphatic carbocycles. The van der Waals surface area contributed by atoms with Crippen molar-refractivity contribution in [2.45, 2.75) is 19.4 Å². The molecule has 0 radical (unpaired) electrons. The van der Waals surface area contributed by atoms with Crippen LogP contribution in [0.1, 0.15) is 13.3 Å². The summed E-state index contributed by atoms with van der Waals surface area (Å²) in [5.41, 5.74) is 0. The third-order valence-corrected chi connectivity index (χ3v) is 1.57. The highest BCUT2D eigenvalue weighted by Gasteiger charge is 1.99. The molecule has 2 N–H and O–H groups in total. The number of hydrogen-bond donors (Lipinski definition) is 2. The molecule has 4 nitrogen and oxygen atoms in total. The van der Waals surface area contributed by atoms with Crippen molar-refractivity contribution in [3.63, 3.8) is 0 Å². The highest BCUT2D eigenvalue weighted by molar-refractivity contribution is 5.81. The van der Waals surface area contributed by atoms with E-state index in [1.54, 1.807) is 0 Å². The fraction of sp³-hybridized carbons (Fsp3) is 0.667. The van der Waals surface area contributed by atoms with Crippen LogP contribution < -0.4 is 5.32 Å². The molecule has 13 heavy (non-hydrogen) atoms. The third kappa shape index (κ3) is 7.49. The Morgan fingerprint density at radius 2 is 2.46 bits per heavy atom. The second-order valence-electron chi connectivity index (χ2n) is 2.74. The van der Waals surface area contributed by atoms with Crippen LogP contribution in [0.25, 0.3) is 0 Å². The Bertz CT molecular complexity index is 159. The quantitative estimate of drug-likeness (QED) is 0.336. The maximum atomic E-state index is 10.6. The van der Waals surface area contributed by atoms with Crippen LogP contribution >= 0.6 is 0 Å². The second kappa shape index (κ2) is 7.76. The zero-order valence-corrected chi connectivity index (χ0v) is 7.95. The average Bonchev–Trinajstić information content (AvgIpc) is 2.12. The van der Waals surface area contributed by atoms with Gasteiger partial charge in [-0.05, 0) is 13.3 Å². The van der Waals surface area contributed by atoms with Gasteiger partial charge in [0.25, 0.3) is 0 Å². The fourth-order valence-corrected chi connectivity index (χ4v) is 0.812. The summed E-state index contributed by atoms with van der Waals surface area (Å²) in [7, 11) is 0. The van der Waals surface area contributed by atoms with Crippen LogP contribution in [0.5, 0.6) is 0 Å². The molecule has 0 aromatic rings. The predicted molar refractivity (Wildman–Crippen MR) is 50.3 cm³/mol. The number of esters is 1. The molecule has 0 rings (SSSR count). The van der Waals surface area contributed by atoms with Crippen molar-refractivity contribution in [1.82, 2.24) is 5.32 Å². The van der Waals surface area contributed by atoms with Crippen molar-refractivity contribution in [3.05, 3.63) is 12.7 Å². The van der Waals surface area contributed by atoms with Gasteiger partial charge in [-0.2, -0.15) is 0 Å². The smallest absolute Gasteiger partial charge is 0.330 e. The van der Waals surface area contributed by atoms with Crippen molar-refractivity contribution in [1.29, 1.82) is 0 Å². The molecule has 1 atom stereocenters. The molecule has 0 spiro atoms. The first-order valence-electron chi connectivity index (χ1n) is 4.34. The number of ether oxygens (including phenoxy) is 1. The van der Waals surface area contributed by atoms with Crippen LogP contribution in [-0.4, -0.2) is 36.9 Å². The fourth-order valence-electron chi connectivity index (χ4n) is 0.812. The van der Waals surface area contributed by atoms with E-state index in [9.17, 15) is 4.79 Å². The highest BCUT2D eigenvalue weighted by atomic mass is 16.5. The van der Waals surface area contributed by atoms with Crippen LogP contribution in [0, 0.1) is 0 Å². The maximum Gasteiger partial charge on any atom is 0.330 e. The normalized spacial score (nSPS) is 12.2. The number of hydrogen-bond acceptors (Lipinski definition) is 4. The lowest BCUT2D eigenvalue weighted by molar-refractivity contribution is -0.137. The van der Waals surface area contributed by atoms with Gasteiger partial charge < -0.3 is 15.2 Å². The molecule has 0 saturated carbocycles. The predicted octanol–water partition coefficient (Wildman–Crippen LogP) is 0.0761. The minimum Gasteiger partial charge on any atom is -0.461 e. The molecule has 0 heterocycles. The number of carbonyl (C=O) groups excluding carboxylic acids is 1. The van der Waals surface area contributed by atoms with Crippen LogP contribution in [0.15, 0.2) is 12.7 Å². The first kappa shape index (κ1) is 12.1. The van der Waals surface area contributed by atoms with Crippen LogP contribution in [0.2, 0.25) is 0 Å². The summed E-state index contributed by atoms with van der Waals surface area (Å²) >= 11 is 0. The molecule has 0 bridgehead atoms. The van der Waals surface area contributed by atoms with Crippen molar-refractivity contribution in [3.8, 4) is 0 Å². The lowest BCUT2D eigenvalue weighted by Crippen LogP contribution is -2.30. The van der Waals surface area contributed by atoms with E-state index in [2.05, 4.69) is 11.9 Å². The van der Waals surface area contributed by atoms with E-state index in [0.29, 0.717) is 19.6 Å². The van der Waals surface area contributed by atoms with Crippen LogP contribution in [0.3, 0.4) is 0 Å². The van der Waals surface area contributed by atoms with Gasteiger partial charge in [0.2, 0.25) is 0 Å². The van der Waals surface area contributed by atoms with E-state index < -0.39 is 5.97 Å². The van der Waals surface area contributed by atoms with Gasteiger partial charge in [0.05, 0.1) is 0 Å². The number of aliphatic hydroxyl groups excluding tert-OH is 1. The Labute approximate surface area is 78.6 Å². The Hall–Kier alpha value is -0.870. The zero-order chi connectivity index (χ0) is 10.1. The minimum absolute atomic E-state index is 0.167. The summed E-state index contributed by atoms with van der Waals surface area (Å²) in [4.78, 5) is 10.6. The van der Waals surface area contributed by atoms with Gasteiger partial charge in [0.15, 0.2) is 0 Å². The van der Waals surface area contributed by atoms with E-state index in [4.69, 9.17) is 9.84 Å². The molecule has 0 fully saturated rings. The minimum atomic E-state index is -0.406. The average molecular weight is 187 g/mol. The Kier molecular flexibility index (Phi) is 7.24. The SMILES string of the molecule is C=CC(=O)OCCNC(C)CCO. The molecule has 0 aliphatic heterocycles. The second-order valence-corrected chi connectivity index (χ2v) is 2.74. The van der Waals surface area contributed by atoms with E-state index in [0.717, 1.165) is 6.08 Å². The largest absolute Gasteiger partial charge is 0.461 e. The lowest BCUT2D eigenvalue weighted by Gasteiger charge is -2.11. The van der Waals surface area contributed by atoms with Gasteiger partial charge in [-0.1, -0.05) is 6.58 Å². The van der Waals surface area contributed by atoms with Gasteiger partial charge in [-0.3, -0.25) is 0 Å². The standard InChI is InChI=1S/C9H17NO3/c1-3-9(12)13-7-5-10-8(2)4-6-11/h3,8,10-11H,1,4-7H2,2H3. The molecule has 0 aromatic carbocycles. The van der Waals surface area contributed by atoms with Gasteiger partial charge in [-0.25, -0.2) is 4.79 Å². The molecule has 0 amide bonds. The summed E-state index contributed by atoms with van der Waals surface area (Å²) < 4.78 is 4.74. The molecule has 1 unspecified atom stereocenters. The van der Waals surface area contributed by atoms with Crippen molar-refractivity contribution in [2.75, 3.05) is 19.8 Å². The highest BCUT2D eigenvalue weighted by Crippen LogP contribution is 1.87. The van der Waals surface area contributed by atoms with E-state index in [1.807, 2.05) is 6.92 Å². The number of rotatable bonds is 7. The zero-order valence-electron chi connectivity index (χ0n) is 7.95. The van der Waals surface area contributed by atoms with Crippen LogP contribution in [0.4, 0.5) is 0 Å². The topological polar surface area (TPSA) is 58.6 Å². The monoisotopic (exact) mass is 187 g/mol. The molecular formula is C9H17NO3.